The molecule has 18 heavy (non-hydrogen) atoms. The van der Waals surface area contributed by atoms with Gasteiger partial charge >= 0.3 is 6.09 Å². The van der Waals surface area contributed by atoms with Crippen molar-refractivity contribution < 1.29 is 14.3 Å². The average Bonchev–Trinajstić information content (AvgIpc) is 2.27. The Hall–Kier alpha value is -0.770. The zero-order valence-corrected chi connectivity index (χ0v) is 12.2. The number of hydrogen-bond acceptors (Lipinski definition) is 3. The van der Waals surface area contributed by atoms with E-state index in [0.29, 0.717) is 5.92 Å². The quantitative estimate of drug-likeness (QED) is 0.727. The summed E-state index contributed by atoms with van der Waals surface area (Å²) in [4.78, 5) is 13.8. The van der Waals surface area contributed by atoms with Gasteiger partial charge in [0, 0.05) is 26.8 Å². The second-order valence-corrected chi connectivity index (χ2v) is 6.07. The van der Waals surface area contributed by atoms with Gasteiger partial charge in [-0.1, -0.05) is 0 Å². The Bertz CT molecular complexity index is 260. The van der Waals surface area contributed by atoms with Crippen LogP contribution in [0.5, 0.6) is 0 Å². The number of amides is 1. The summed E-state index contributed by atoms with van der Waals surface area (Å²) in [7, 11) is 1.73. The van der Waals surface area contributed by atoms with Gasteiger partial charge in [0.15, 0.2) is 0 Å². The van der Waals surface area contributed by atoms with E-state index in [0.717, 1.165) is 39.0 Å². The number of piperidine rings is 1. The van der Waals surface area contributed by atoms with Crippen LogP contribution < -0.4 is 0 Å². The van der Waals surface area contributed by atoms with Crippen LogP contribution >= 0.6 is 0 Å². The highest BCUT2D eigenvalue weighted by Gasteiger charge is 2.27. The van der Waals surface area contributed by atoms with Crippen LogP contribution in [0.15, 0.2) is 0 Å². The Kier molecular flexibility index (Phi) is 5.93. The zero-order chi connectivity index (χ0) is 13.6. The molecule has 1 fully saturated rings. The second kappa shape index (κ2) is 6.98. The molecule has 0 saturated carbocycles. The van der Waals surface area contributed by atoms with Gasteiger partial charge in [-0.25, -0.2) is 4.79 Å². The third kappa shape index (κ3) is 5.71. The molecule has 4 nitrogen and oxygen atoms in total. The molecule has 0 radical (unpaired) electrons. The maximum absolute atomic E-state index is 12.0. The van der Waals surface area contributed by atoms with Crippen molar-refractivity contribution in [1.29, 1.82) is 0 Å². The number of rotatable bonds is 4. The minimum Gasteiger partial charge on any atom is -0.444 e. The molecule has 1 amide bonds. The number of ether oxygens (including phenoxy) is 2. The maximum atomic E-state index is 12.0. The molecule has 1 rings (SSSR count). The number of hydrogen-bond donors (Lipinski definition) is 0. The maximum Gasteiger partial charge on any atom is 0.410 e. The van der Waals surface area contributed by atoms with E-state index in [4.69, 9.17) is 9.47 Å². The van der Waals surface area contributed by atoms with Gasteiger partial charge in [-0.3, -0.25) is 0 Å². The van der Waals surface area contributed by atoms with Gasteiger partial charge in [0.1, 0.15) is 5.60 Å². The van der Waals surface area contributed by atoms with Crippen molar-refractivity contribution in [3.8, 4) is 0 Å². The number of nitrogens with zero attached hydrogens (tertiary/aromatic N) is 1. The summed E-state index contributed by atoms with van der Waals surface area (Å²) in [5.41, 5.74) is -0.403. The van der Waals surface area contributed by atoms with Crippen molar-refractivity contribution in [2.24, 2.45) is 5.92 Å². The summed E-state index contributed by atoms with van der Waals surface area (Å²) in [5.74, 6) is 0.599. The van der Waals surface area contributed by atoms with Gasteiger partial charge in [-0.05, 0) is 52.4 Å². The van der Waals surface area contributed by atoms with Crippen LogP contribution in [0.2, 0.25) is 0 Å². The van der Waals surface area contributed by atoms with Crippen molar-refractivity contribution >= 4 is 6.09 Å². The second-order valence-electron chi connectivity index (χ2n) is 6.07. The molecule has 0 bridgehead atoms. The molecule has 1 aliphatic heterocycles. The van der Waals surface area contributed by atoms with Crippen molar-refractivity contribution in [3.63, 3.8) is 0 Å². The molecule has 0 spiro atoms. The fourth-order valence-electron chi connectivity index (χ4n) is 2.31. The Morgan fingerprint density at radius 1 is 1.39 bits per heavy atom. The topological polar surface area (TPSA) is 38.8 Å². The Balaban J connectivity index is 2.36. The number of carbonyl (C=O) groups is 1. The first kappa shape index (κ1) is 15.3. The van der Waals surface area contributed by atoms with Crippen molar-refractivity contribution in [2.75, 3.05) is 26.8 Å². The van der Waals surface area contributed by atoms with Gasteiger partial charge in [0.05, 0.1) is 0 Å². The third-order valence-electron chi connectivity index (χ3n) is 3.13. The first-order valence-electron chi connectivity index (χ1n) is 6.89. The summed E-state index contributed by atoms with van der Waals surface area (Å²) in [6.07, 6.45) is 4.33. The van der Waals surface area contributed by atoms with Gasteiger partial charge in [0.25, 0.3) is 0 Å². The Morgan fingerprint density at radius 3 is 2.72 bits per heavy atom. The van der Waals surface area contributed by atoms with Crippen LogP contribution in [0.4, 0.5) is 4.79 Å². The predicted octanol–water partition coefficient (Wildman–Crippen LogP) is 3.06. The molecule has 1 unspecified atom stereocenters. The Morgan fingerprint density at radius 2 is 2.11 bits per heavy atom. The molecule has 0 N–H and O–H groups in total. The van der Waals surface area contributed by atoms with Crippen LogP contribution in [-0.2, 0) is 9.47 Å². The minimum atomic E-state index is -0.403. The lowest BCUT2D eigenvalue weighted by molar-refractivity contribution is 0.0157. The van der Waals surface area contributed by atoms with Crippen molar-refractivity contribution in [3.05, 3.63) is 0 Å². The van der Waals surface area contributed by atoms with E-state index in [1.54, 1.807) is 7.11 Å². The van der Waals surface area contributed by atoms with E-state index in [-0.39, 0.29) is 6.09 Å². The number of methoxy groups -OCH3 is 1. The van der Waals surface area contributed by atoms with Crippen LogP contribution in [0.3, 0.4) is 0 Å². The lowest BCUT2D eigenvalue weighted by Crippen LogP contribution is -2.42. The molecule has 1 heterocycles. The highest BCUT2D eigenvalue weighted by Crippen LogP contribution is 2.22. The lowest BCUT2D eigenvalue weighted by atomic mass is 9.94. The molecule has 0 aliphatic carbocycles. The van der Waals surface area contributed by atoms with Gasteiger partial charge in [-0.15, -0.1) is 0 Å². The SMILES string of the molecule is COCCCC1CCCN(C(=O)OC(C)(C)C)C1. The normalized spacial score (nSPS) is 20.9. The predicted molar refractivity (Wildman–Crippen MR) is 71.6 cm³/mol. The highest BCUT2D eigenvalue weighted by molar-refractivity contribution is 5.68. The van der Waals surface area contributed by atoms with Gasteiger partial charge in [0.2, 0.25) is 0 Å². The fraction of sp³-hybridized carbons (Fsp3) is 0.929. The smallest absolute Gasteiger partial charge is 0.410 e. The van der Waals surface area contributed by atoms with Crippen LogP contribution in [-0.4, -0.2) is 43.4 Å². The molecule has 1 saturated heterocycles. The van der Waals surface area contributed by atoms with Crippen LogP contribution in [0.25, 0.3) is 0 Å². The first-order chi connectivity index (χ1) is 8.42. The van der Waals surface area contributed by atoms with E-state index >= 15 is 0 Å². The lowest BCUT2D eigenvalue weighted by Gasteiger charge is -2.34. The largest absolute Gasteiger partial charge is 0.444 e. The van der Waals surface area contributed by atoms with E-state index in [2.05, 4.69) is 0 Å². The number of likely N-dealkylation sites (tertiary alicyclic amines) is 1. The molecule has 1 atom stereocenters. The Labute approximate surface area is 111 Å². The third-order valence-corrected chi connectivity index (χ3v) is 3.13. The number of carbonyl (C=O) groups excluding carboxylic acids is 1. The van der Waals surface area contributed by atoms with Crippen LogP contribution in [0.1, 0.15) is 46.5 Å². The van der Waals surface area contributed by atoms with E-state index < -0.39 is 5.60 Å². The minimum absolute atomic E-state index is 0.168. The standard InChI is InChI=1S/C14H27NO3/c1-14(2,3)18-13(16)15-9-5-7-12(11-15)8-6-10-17-4/h12H,5-11H2,1-4H3. The molecule has 4 heteroatoms. The van der Waals surface area contributed by atoms with E-state index in [1.165, 1.54) is 6.42 Å². The fourth-order valence-corrected chi connectivity index (χ4v) is 2.31. The summed E-state index contributed by atoms with van der Waals surface area (Å²) >= 11 is 0. The van der Waals surface area contributed by atoms with Crippen molar-refractivity contribution in [1.82, 2.24) is 4.90 Å². The summed E-state index contributed by atoms with van der Waals surface area (Å²) < 4.78 is 10.5. The summed E-state index contributed by atoms with van der Waals surface area (Å²) in [6.45, 7) is 8.19. The van der Waals surface area contributed by atoms with Crippen LogP contribution in [0, 0.1) is 5.92 Å². The summed E-state index contributed by atoms with van der Waals surface area (Å²) in [5, 5.41) is 0. The van der Waals surface area contributed by atoms with Gasteiger partial charge in [-0.2, -0.15) is 0 Å². The first-order valence-corrected chi connectivity index (χ1v) is 6.89. The molecule has 0 aromatic rings. The zero-order valence-electron chi connectivity index (χ0n) is 12.2. The monoisotopic (exact) mass is 257 g/mol. The summed E-state index contributed by atoms with van der Waals surface area (Å²) in [6, 6.07) is 0. The molecule has 0 aromatic carbocycles. The molecule has 1 aliphatic rings. The molecular weight excluding hydrogens is 230 g/mol. The van der Waals surface area contributed by atoms with Gasteiger partial charge < -0.3 is 14.4 Å². The molecule has 106 valence electrons. The molecular formula is C14H27NO3. The average molecular weight is 257 g/mol. The molecule has 0 aromatic heterocycles. The van der Waals surface area contributed by atoms with E-state index in [1.807, 2.05) is 25.7 Å². The van der Waals surface area contributed by atoms with E-state index in [9.17, 15) is 4.79 Å². The highest BCUT2D eigenvalue weighted by atomic mass is 16.6. The van der Waals surface area contributed by atoms with Crippen molar-refractivity contribution in [2.45, 2.75) is 52.1 Å².